The van der Waals surface area contributed by atoms with E-state index >= 15 is 0 Å². The Kier molecular flexibility index (Phi) is 16.2. The highest BCUT2D eigenvalue weighted by atomic mass is 16.6. The van der Waals surface area contributed by atoms with Crippen molar-refractivity contribution in [3.8, 4) is 0 Å². The molecule has 0 heterocycles. The maximum atomic E-state index is 11.4. The number of aliphatic hydroxyl groups is 1. The van der Waals surface area contributed by atoms with Crippen molar-refractivity contribution < 1.29 is 14.6 Å². The van der Waals surface area contributed by atoms with Crippen LogP contribution in [0.3, 0.4) is 0 Å². The molecule has 0 aliphatic heterocycles. The van der Waals surface area contributed by atoms with Crippen LogP contribution >= 0.6 is 0 Å². The molecule has 5 nitrogen and oxygen atoms in total. The average Bonchev–Trinajstić information content (AvgIpc) is 2.74. The number of nitrogens with one attached hydrogen (secondary N) is 2. The summed E-state index contributed by atoms with van der Waals surface area (Å²) in [6.45, 7) is 3.38. The van der Waals surface area contributed by atoms with E-state index < -0.39 is 6.09 Å². The summed E-state index contributed by atoms with van der Waals surface area (Å²) < 4.78 is 4.80. The third-order valence-electron chi connectivity index (χ3n) is 5.13. The van der Waals surface area contributed by atoms with Crippen LogP contribution < -0.4 is 10.6 Å². The van der Waals surface area contributed by atoms with E-state index in [-0.39, 0.29) is 13.2 Å². The van der Waals surface area contributed by atoms with Crippen LogP contribution in [-0.2, 0) is 11.2 Å². The van der Waals surface area contributed by atoms with E-state index in [1.807, 2.05) is 6.07 Å². The van der Waals surface area contributed by atoms with Crippen molar-refractivity contribution in [3.05, 3.63) is 35.9 Å². The topological polar surface area (TPSA) is 70.6 Å². The molecule has 166 valence electrons. The van der Waals surface area contributed by atoms with Crippen molar-refractivity contribution in [2.24, 2.45) is 0 Å². The molecule has 1 aromatic carbocycles. The Morgan fingerprint density at radius 2 is 1.62 bits per heavy atom. The van der Waals surface area contributed by atoms with E-state index in [0.29, 0.717) is 19.1 Å². The van der Waals surface area contributed by atoms with E-state index in [0.717, 1.165) is 12.8 Å². The first-order valence-electron chi connectivity index (χ1n) is 11.5. The van der Waals surface area contributed by atoms with Crippen molar-refractivity contribution in [1.82, 2.24) is 10.6 Å². The second-order valence-electron chi connectivity index (χ2n) is 7.74. The number of rotatable bonds is 18. The molecule has 1 aromatic rings. The van der Waals surface area contributed by atoms with Gasteiger partial charge in [-0.25, -0.2) is 4.79 Å². The Bertz CT molecular complexity index is 496. The summed E-state index contributed by atoms with van der Waals surface area (Å²) in [6, 6.07) is 11.0. The summed E-state index contributed by atoms with van der Waals surface area (Å²) in [5.74, 6) is 0. The minimum atomic E-state index is -0.473. The first-order chi connectivity index (χ1) is 14.3. The van der Waals surface area contributed by atoms with Gasteiger partial charge in [-0.05, 0) is 18.4 Å². The summed E-state index contributed by atoms with van der Waals surface area (Å²) in [5, 5.41) is 15.0. The maximum absolute atomic E-state index is 11.4. The van der Waals surface area contributed by atoms with Gasteiger partial charge in [-0.15, -0.1) is 0 Å². The number of hydrogen-bond donors (Lipinski definition) is 3. The van der Waals surface area contributed by atoms with Gasteiger partial charge in [-0.1, -0.05) is 95.0 Å². The highest BCUT2D eigenvalue weighted by Crippen LogP contribution is 2.13. The van der Waals surface area contributed by atoms with Gasteiger partial charge in [0.25, 0.3) is 0 Å². The lowest BCUT2D eigenvalue weighted by Gasteiger charge is -2.19. The average molecular weight is 407 g/mol. The Labute approximate surface area is 177 Å². The summed E-state index contributed by atoms with van der Waals surface area (Å²) >= 11 is 0. The molecule has 0 spiro atoms. The zero-order valence-corrected chi connectivity index (χ0v) is 18.3. The van der Waals surface area contributed by atoms with Gasteiger partial charge in [-0.2, -0.15) is 0 Å². The molecule has 1 amide bonds. The van der Waals surface area contributed by atoms with Gasteiger partial charge in [0.15, 0.2) is 0 Å². The van der Waals surface area contributed by atoms with Crippen molar-refractivity contribution in [2.75, 3.05) is 26.3 Å². The molecule has 0 saturated carbocycles. The molecule has 1 atom stereocenters. The lowest BCUT2D eigenvalue weighted by Crippen LogP contribution is -2.38. The normalized spacial score (nSPS) is 11.9. The number of ether oxygens (including phenoxy) is 1. The second-order valence-corrected chi connectivity index (χ2v) is 7.74. The van der Waals surface area contributed by atoms with Gasteiger partial charge in [0.05, 0.1) is 6.61 Å². The number of carbonyl (C=O) groups is 1. The molecular weight excluding hydrogens is 364 g/mol. The van der Waals surface area contributed by atoms with E-state index in [2.05, 4.69) is 41.8 Å². The molecule has 0 saturated heterocycles. The van der Waals surface area contributed by atoms with Crippen LogP contribution in [0.25, 0.3) is 0 Å². The van der Waals surface area contributed by atoms with Crippen LogP contribution in [0.2, 0.25) is 0 Å². The van der Waals surface area contributed by atoms with Gasteiger partial charge in [0.2, 0.25) is 0 Å². The first kappa shape index (κ1) is 25.4. The lowest BCUT2D eigenvalue weighted by molar-refractivity contribution is 0.119. The standard InChI is InChI=1S/C24H42N2O3/c1-2-3-4-5-6-7-8-9-13-16-23(21-22-14-11-10-12-15-22)25-17-18-26-24(28)29-20-19-27/h10-12,14-15,23,25,27H,2-9,13,16-21H2,1H3,(H,26,28). The zero-order valence-electron chi connectivity index (χ0n) is 18.3. The fraction of sp³-hybridized carbons (Fsp3) is 0.708. The van der Waals surface area contributed by atoms with Crippen molar-refractivity contribution >= 4 is 6.09 Å². The van der Waals surface area contributed by atoms with Crippen LogP contribution in [-0.4, -0.2) is 43.5 Å². The number of benzene rings is 1. The largest absolute Gasteiger partial charge is 0.447 e. The molecule has 1 unspecified atom stereocenters. The van der Waals surface area contributed by atoms with Crippen molar-refractivity contribution in [1.29, 1.82) is 0 Å². The Balaban J connectivity index is 2.22. The number of amides is 1. The third kappa shape index (κ3) is 15.0. The minimum absolute atomic E-state index is 0.0362. The molecular formula is C24H42N2O3. The molecule has 29 heavy (non-hydrogen) atoms. The van der Waals surface area contributed by atoms with Crippen molar-refractivity contribution in [2.45, 2.75) is 83.6 Å². The maximum Gasteiger partial charge on any atom is 0.407 e. The predicted molar refractivity (Wildman–Crippen MR) is 120 cm³/mol. The number of carbonyl (C=O) groups excluding carboxylic acids is 1. The van der Waals surface area contributed by atoms with Gasteiger partial charge >= 0.3 is 6.09 Å². The molecule has 5 heteroatoms. The molecule has 3 N–H and O–H groups in total. The van der Waals surface area contributed by atoms with Gasteiger partial charge in [0, 0.05) is 19.1 Å². The first-order valence-corrected chi connectivity index (χ1v) is 11.5. The molecule has 0 aliphatic carbocycles. The zero-order chi connectivity index (χ0) is 21.0. The summed E-state index contributed by atoms with van der Waals surface area (Å²) in [7, 11) is 0. The number of hydrogen-bond acceptors (Lipinski definition) is 4. The lowest BCUT2D eigenvalue weighted by atomic mass is 9.99. The van der Waals surface area contributed by atoms with E-state index in [1.165, 1.54) is 63.4 Å². The fourth-order valence-corrected chi connectivity index (χ4v) is 3.51. The molecule has 0 radical (unpaired) electrons. The highest BCUT2D eigenvalue weighted by Gasteiger charge is 2.09. The summed E-state index contributed by atoms with van der Waals surface area (Å²) in [5.41, 5.74) is 1.34. The van der Waals surface area contributed by atoms with Gasteiger partial charge < -0.3 is 20.5 Å². The van der Waals surface area contributed by atoms with Crippen LogP contribution in [0.1, 0.15) is 76.7 Å². The molecule has 0 aromatic heterocycles. The predicted octanol–water partition coefficient (Wildman–Crippen LogP) is 4.83. The van der Waals surface area contributed by atoms with Crippen molar-refractivity contribution in [3.63, 3.8) is 0 Å². The smallest absolute Gasteiger partial charge is 0.407 e. The van der Waals surface area contributed by atoms with Gasteiger partial charge in [0.1, 0.15) is 6.61 Å². The Morgan fingerprint density at radius 1 is 0.966 bits per heavy atom. The molecule has 0 aliphatic rings. The fourth-order valence-electron chi connectivity index (χ4n) is 3.51. The SMILES string of the molecule is CCCCCCCCCCCC(Cc1ccccc1)NCCNC(=O)OCCO. The minimum Gasteiger partial charge on any atom is -0.447 e. The second kappa shape index (κ2) is 18.4. The summed E-state index contributed by atoms with van der Waals surface area (Å²) in [6.07, 6.45) is 13.8. The van der Waals surface area contributed by atoms with Crippen LogP contribution in [0.15, 0.2) is 30.3 Å². The number of aliphatic hydroxyl groups excluding tert-OH is 1. The van der Waals surface area contributed by atoms with E-state index in [1.54, 1.807) is 0 Å². The molecule has 0 fully saturated rings. The van der Waals surface area contributed by atoms with Crippen LogP contribution in [0.5, 0.6) is 0 Å². The quantitative estimate of drug-likeness (QED) is 0.306. The number of unbranched alkanes of at least 4 members (excludes halogenated alkanes) is 8. The molecule has 0 bridgehead atoms. The monoisotopic (exact) mass is 406 g/mol. The third-order valence-corrected chi connectivity index (χ3v) is 5.13. The number of alkyl carbamates (subject to hydrolysis) is 1. The van der Waals surface area contributed by atoms with Gasteiger partial charge in [-0.3, -0.25) is 0 Å². The Morgan fingerprint density at radius 3 is 2.28 bits per heavy atom. The van der Waals surface area contributed by atoms with Crippen LogP contribution in [0, 0.1) is 0 Å². The molecule has 1 rings (SSSR count). The van der Waals surface area contributed by atoms with E-state index in [4.69, 9.17) is 9.84 Å². The van der Waals surface area contributed by atoms with Crippen LogP contribution in [0.4, 0.5) is 4.79 Å². The summed E-state index contributed by atoms with van der Waals surface area (Å²) in [4.78, 5) is 11.4. The van der Waals surface area contributed by atoms with E-state index in [9.17, 15) is 4.79 Å². The highest BCUT2D eigenvalue weighted by molar-refractivity contribution is 5.67. The Hall–Kier alpha value is -1.59.